The predicted octanol–water partition coefficient (Wildman–Crippen LogP) is 2.36. The van der Waals surface area contributed by atoms with Crippen molar-refractivity contribution in [3.05, 3.63) is 35.4 Å². The van der Waals surface area contributed by atoms with Crippen molar-refractivity contribution in [2.75, 3.05) is 27.3 Å². The maximum Gasteiger partial charge on any atom is 0.244 e. The molecule has 0 aliphatic carbocycles. The predicted molar refractivity (Wildman–Crippen MR) is 90.8 cm³/mol. The Bertz CT molecular complexity index is 557. The van der Waals surface area contributed by atoms with Crippen LogP contribution >= 0.6 is 0 Å². The van der Waals surface area contributed by atoms with Crippen molar-refractivity contribution in [2.45, 2.75) is 32.9 Å². The van der Waals surface area contributed by atoms with Gasteiger partial charge in [-0.1, -0.05) is 5.57 Å². The molecular weight excluding hydrogens is 292 g/mol. The zero-order chi connectivity index (χ0) is 16.8. The zero-order valence-corrected chi connectivity index (χ0v) is 14.4. The lowest BCUT2D eigenvalue weighted by atomic mass is 10.2. The Hall–Kier alpha value is -2.01. The number of nitrogens with one attached hydrogen (secondary N) is 1. The average Bonchev–Trinajstić information content (AvgIpc) is 2.92. The van der Waals surface area contributed by atoms with Crippen molar-refractivity contribution in [2.24, 2.45) is 0 Å². The Morgan fingerprint density at radius 3 is 2.48 bits per heavy atom. The molecule has 5 heteroatoms. The molecular formula is C18H26N2O3. The summed E-state index contributed by atoms with van der Waals surface area (Å²) in [5.41, 5.74) is 2.17. The number of allylic oxidation sites excluding steroid dienone is 1. The lowest BCUT2D eigenvalue weighted by Gasteiger charge is -2.17. The van der Waals surface area contributed by atoms with Crippen LogP contribution in [0, 0.1) is 0 Å². The van der Waals surface area contributed by atoms with Gasteiger partial charge in [-0.2, -0.15) is 0 Å². The summed E-state index contributed by atoms with van der Waals surface area (Å²) in [7, 11) is 3.31. The highest BCUT2D eigenvalue weighted by molar-refractivity contribution is 5.88. The van der Waals surface area contributed by atoms with Crippen LogP contribution in [0.3, 0.4) is 0 Å². The number of likely N-dealkylation sites (tertiary alicyclic amines) is 1. The standard InChI is InChI=1S/C18H26N2O3/c1-13(2)7-18(21)19-15-5-6-20(12-15)11-14-8-16(22-3)10-17(9-14)23-4/h7-10,15H,5-6,11-12H2,1-4H3,(H,19,21)/t15-/m1/s1. The second-order valence-electron chi connectivity index (χ2n) is 6.17. The van der Waals surface area contributed by atoms with Crippen LogP contribution in [0.5, 0.6) is 11.5 Å². The highest BCUT2D eigenvalue weighted by atomic mass is 16.5. The Kier molecular flexibility index (Phi) is 6.04. The summed E-state index contributed by atoms with van der Waals surface area (Å²) >= 11 is 0. The number of benzene rings is 1. The monoisotopic (exact) mass is 318 g/mol. The summed E-state index contributed by atoms with van der Waals surface area (Å²) in [6.45, 7) is 6.51. The Labute approximate surface area is 138 Å². The van der Waals surface area contributed by atoms with E-state index in [1.807, 2.05) is 32.0 Å². The minimum atomic E-state index is -0.0000930. The lowest BCUT2D eigenvalue weighted by Crippen LogP contribution is -2.36. The molecule has 1 heterocycles. The number of amides is 1. The van der Waals surface area contributed by atoms with Gasteiger partial charge in [0, 0.05) is 37.8 Å². The molecule has 0 saturated carbocycles. The first-order chi connectivity index (χ1) is 11.0. The molecule has 0 bridgehead atoms. The van der Waals surface area contributed by atoms with Crippen LogP contribution in [0.4, 0.5) is 0 Å². The van der Waals surface area contributed by atoms with E-state index in [1.165, 1.54) is 0 Å². The normalized spacial score (nSPS) is 17.7. The first-order valence-electron chi connectivity index (χ1n) is 7.90. The largest absolute Gasteiger partial charge is 0.497 e. The molecule has 126 valence electrons. The molecule has 1 atom stereocenters. The molecule has 1 fully saturated rings. The van der Waals surface area contributed by atoms with E-state index >= 15 is 0 Å². The third-order valence-corrected chi connectivity index (χ3v) is 3.86. The van der Waals surface area contributed by atoms with Crippen molar-refractivity contribution in [3.8, 4) is 11.5 Å². The Morgan fingerprint density at radius 2 is 1.91 bits per heavy atom. The number of methoxy groups -OCH3 is 2. The number of hydrogen-bond donors (Lipinski definition) is 1. The molecule has 23 heavy (non-hydrogen) atoms. The van der Waals surface area contributed by atoms with E-state index in [1.54, 1.807) is 20.3 Å². The fourth-order valence-electron chi connectivity index (χ4n) is 2.81. The highest BCUT2D eigenvalue weighted by Crippen LogP contribution is 2.24. The van der Waals surface area contributed by atoms with Crippen LogP contribution in [0.1, 0.15) is 25.8 Å². The molecule has 1 amide bonds. The molecule has 0 aromatic heterocycles. The van der Waals surface area contributed by atoms with E-state index in [0.717, 1.165) is 48.7 Å². The highest BCUT2D eigenvalue weighted by Gasteiger charge is 2.23. The van der Waals surface area contributed by atoms with E-state index in [2.05, 4.69) is 10.2 Å². The van der Waals surface area contributed by atoms with Crippen molar-refractivity contribution in [3.63, 3.8) is 0 Å². The topological polar surface area (TPSA) is 50.8 Å². The summed E-state index contributed by atoms with van der Waals surface area (Å²) in [6.07, 6.45) is 2.62. The quantitative estimate of drug-likeness (QED) is 0.818. The number of hydrogen-bond acceptors (Lipinski definition) is 4. The van der Waals surface area contributed by atoms with Crippen molar-refractivity contribution in [1.29, 1.82) is 0 Å². The van der Waals surface area contributed by atoms with Crippen LogP contribution in [0.15, 0.2) is 29.8 Å². The van der Waals surface area contributed by atoms with Gasteiger partial charge in [0.2, 0.25) is 5.91 Å². The summed E-state index contributed by atoms with van der Waals surface area (Å²) in [5, 5.41) is 3.06. The van der Waals surface area contributed by atoms with E-state index in [4.69, 9.17) is 9.47 Å². The van der Waals surface area contributed by atoms with Gasteiger partial charge in [-0.05, 0) is 38.0 Å². The maximum atomic E-state index is 11.8. The van der Waals surface area contributed by atoms with E-state index in [0.29, 0.717) is 0 Å². The second-order valence-corrected chi connectivity index (χ2v) is 6.17. The fourth-order valence-corrected chi connectivity index (χ4v) is 2.81. The molecule has 5 nitrogen and oxygen atoms in total. The van der Waals surface area contributed by atoms with Gasteiger partial charge < -0.3 is 14.8 Å². The van der Waals surface area contributed by atoms with Gasteiger partial charge in [0.15, 0.2) is 0 Å². The smallest absolute Gasteiger partial charge is 0.244 e. The van der Waals surface area contributed by atoms with E-state index < -0.39 is 0 Å². The van der Waals surface area contributed by atoms with Crippen LogP contribution in [-0.4, -0.2) is 44.2 Å². The van der Waals surface area contributed by atoms with Gasteiger partial charge in [0.25, 0.3) is 0 Å². The summed E-state index contributed by atoms with van der Waals surface area (Å²) in [6, 6.07) is 6.14. The third-order valence-electron chi connectivity index (χ3n) is 3.86. The number of ether oxygens (including phenoxy) is 2. The Balaban J connectivity index is 1.93. The van der Waals surface area contributed by atoms with Crippen molar-refractivity contribution < 1.29 is 14.3 Å². The van der Waals surface area contributed by atoms with Gasteiger partial charge in [-0.3, -0.25) is 9.69 Å². The first kappa shape index (κ1) is 17.3. The van der Waals surface area contributed by atoms with Crippen LogP contribution in [-0.2, 0) is 11.3 Å². The molecule has 0 unspecified atom stereocenters. The van der Waals surface area contributed by atoms with Crippen molar-refractivity contribution >= 4 is 5.91 Å². The molecule has 1 aromatic carbocycles. The SMILES string of the molecule is COc1cc(CN2CC[C@@H](NC(=O)C=C(C)C)C2)cc(OC)c1. The molecule has 1 aromatic rings. The molecule has 1 aliphatic heterocycles. The summed E-state index contributed by atoms with van der Waals surface area (Å²) in [5.74, 6) is 1.60. The minimum absolute atomic E-state index is 0.0000930. The average molecular weight is 318 g/mol. The maximum absolute atomic E-state index is 11.8. The van der Waals surface area contributed by atoms with Crippen LogP contribution in [0.2, 0.25) is 0 Å². The molecule has 1 saturated heterocycles. The van der Waals surface area contributed by atoms with Crippen molar-refractivity contribution in [1.82, 2.24) is 10.2 Å². The molecule has 0 radical (unpaired) electrons. The summed E-state index contributed by atoms with van der Waals surface area (Å²) < 4.78 is 10.6. The molecule has 1 N–H and O–H groups in total. The number of rotatable bonds is 6. The van der Waals surface area contributed by atoms with E-state index in [-0.39, 0.29) is 11.9 Å². The molecule has 1 aliphatic rings. The summed E-state index contributed by atoms with van der Waals surface area (Å²) in [4.78, 5) is 14.1. The molecule has 2 rings (SSSR count). The number of nitrogens with zero attached hydrogens (tertiary/aromatic N) is 1. The van der Waals surface area contributed by atoms with Gasteiger partial charge in [-0.15, -0.1) is 0 Å². The van der Waals surface area contributed by atoms with Gasteiger partial charge in [-0.25, -0.2) is 0 Å². The van der Waals surface area contributed by atoms with Gasteiger partial charge in [0.05, 0.1) is 14.2 Å². The minimum Gasteiger partial charge on any atom is -0.497 e. The number of carbonyl (C=O) groups is 1. The van der Waals surface area contributed by atoms with Crippen LogP contribution < -0.4 is 14.8 Å². The van der Waals surface area contributed by atoms with Gasteiger partial charge in [0.1, 0.15) is 11.5 Å². The fraction of sp³-hybridized carbons (Fsp3) is 0.500. The number of carbonyl (C=O) groups excluding carboxylic acids is 1. The Morgan fingerprint density at radius 1 is 1.26 bits per heavy atom. The zero-order valence-electron chi connectivity index (χ0n) is 14.4. The second kappa shape index (κ2) is 8.02. The lowest BCUT2D eigenvalue weighted by molar-refractivity contribution is -0.117. The van der Waals surface area contributed by atoms with Gasteiger partial charge >= 0.3 is 0 Å². The van der Waals surface area contributed by atoms with E-state index in [9.17, 15) is 4.79 Å². The first-order valence-corrected chi connectivity index (χ1v) is 7.90. The molecule has 0 spiro atoms. The van der Waals surface area contributed by atoms with Crippen LogP contribution in [0.25, 0.3) is 0 Å². The third kappa shape index (κ3) is 5.28.